The van der Waals surface area contributed by atoms with E-state index in [0.717, 1.165) is 18.4 Å². The van der Waals surface area contributed by atoms with E-state index in [2.05, 4.69) is 20.1 Å². The average molecular weight is 308 g/mol. The van der Waals surface area contributed by atoms with Crippen LogP contribution in [0.3, 0.4) is 0 Å². The number of pyridine rings is 1. The summed E-state index contributed by atoms with van der Waals surface area (Å²) in [5, 5.41) is 4.00. The van der Waals surface area contributed by atoms with Crippen molar-refractivity contribution in [2.75, 3.05) is 0 Å². The lowest BCUT2D eigenvalue weighted by atomic mass is 10.3. The molecule has 0 radical (unpaired) electrons. The molecule has 0 atom stereocenters. The Bertz CT molecular complexity index is 1120. The number of nitrogens with zero attached hydrogens (tertiary/aromatic N) is 6. The molecule has 0 amide bonds. The lowest BCUT2D eigenvalue weighted by Crippen LogP contribution is -2.20. The molecule has 8 heteroatoms. The molecule has 8 nitrogen and oxygen atoms in total. The third-order valence-corrected chi connectivity index (χ3v) is 4.20. The van der Waals surface area contributed by atoms with Crippen molar-refractivity contribution in [3.8, 4) is 11.6 Å². The monoisotopic (exact) mass is 308 g/mol. The second kappa shape index (κ2) is 4.25. The maximum atomic E-state index is 12.7. The second-order valence-electron chi connectivity index (χ2n) is 5.75. The van der Waals surface area contributed by atoms with Gasteiger partial charge in [-0.15, -0.1) is 0 Å². The fourth-order valence-corrected chi connectivity index (χ4v) is 2.82. The number of hydrogen-bond acceptors (Lipinski definition) is 6. The molecule has 0 saturated heterocycles. The van der Waals surface area contributed by atoms with Crippen LogP contribution in [0.1, 0.15) is 24.6 Å². The van der Waals surface area contributed by atoms with Crippen LogP contribution in [0.25, 0.3) is 28.3 Å². The lowest BCUT2D eigenvalue weighted by molar-refractivity contribution is 0.422. The van der Waals surface area contributed by atoms with E-state index in [0.29, 0.717) is 28.6 Å². The largest absolute Gasteiger partial charge is 0.332 e. The van der Waals surface area contributed by atoms with Gasteiger partial charge < -0.3 is 4.52 Å². The minimum Gasteiger partial charge on any atom is -0.332 e. The molecule has 1 fully saturated rings. The summed E-state index contributed by atoms with van der Waals surface area (Å²) >= 11 is 0. The van der Waals surface area contributed by atoms with E-state index in [4.69, 9.17) is 4.52 Å². The van der Waals surface area contributed by atoms with E-state index in [1.54, 1.807) is 24.0 Å². The summed E-state index contributed by atoms with van der Waals surface area (Å²) in [5.74, 6) is 1.37. The lowest BCUT2D eigenvalue weighted by Gasteiger charge is -2.06. The van der Waals surface area contributed by atoms with Gasteiger partial charge in [-0.25, -0.2) is 9.97 Å². The number of aromatic nitrogens is 6. The van der Waals surface area contributed by atoms with Crippen molar-refractivity contribution in [3.05, 3.63) is 40.8 Å². The van der Waals surface area contributed by atoms with Gasteiger partial charge in [0, 0.05) is 19.2 Å². The number of aryl methyl sites for hydroxylation is 1. The zero-order valence-corrected chi connectivity index (χ0v) is 12.3. The molecule has 1 aliphatic rings. The molecule has 114 valence electrons. The van der Waals surface area contributed by atoms with E-state index in [9.17, 15) is 4.79 Å². The van der Waals surface area contributed by atoms with Gasteiger partial charge in [-0.05, 0) is 25.0 Å². The predicted molar refractivity (Wildman–Crippen MR) is 81.0 cm³/mol. The molecular formula is C15H12N6O2. The maximum Gasteiger partial charge on any atom is 0.278 e. The Morgan fingerprint density at radius 3 is 3.00 bits per heavy atom. The number of rotatable bonds is 2. The van der Waals surface area contributed by atoms with Gasteiger partial charge in [-0.3, -0.25) is 13.8 Å². The number of hydrogen-bond donors (Lipinski definition) is 0. The van der Waals surface area contributed by atoms with Crippen LogP contribution in [-0.4, -0.2) is 29.1 Å². The zero-order chi connectivity index (χ0) is 15.6. The van der Waals surface area contributed by atoms with Crippen LogP contribution in [0.15, 0.2) is 34.0 Å². The average Bonchev–Trinajstić information content (AvgIpc) is 3.14. The predicted octanol–water partition coefficient (Wildman–Crippen LogP) is 1.51. The molecule has 0 aromatic carbocycles. The van der Waals surface area contributed by atoms with E-state index < -0.39 is 0 Å². The summed E-state index contributed by atoms with van der Waals surface area (Å²) in [6, 6.07) is 3.72. The van der Waals surface area contributed by atoms with Crippen molar-refractivity contribution in [1.82, 2.24) is 29.1 Å². The van der Waals surface area contributed by atoms with Crippen LogP contribution in [0.5, 0.6) is 0 Å². The Labute approximate surface area is 129 Å². The highest BCUT2D eigenvalue weighted by atomic mass is 16.5. The molecule has 0 aliphatic heterocycles. The van der Waals surface area contributed by atoms with Gasteiger partial charge in [0.2, 0.25) is 0 Å². The maximum absolute atomic E-state index is 12.7. The first-order chi connectivity index (χ1) is 11.2. The molecule has 5 rings (SSSR count). The normalized spacial score (nSPS) is 14.8. The van der Waals surface area contributed by atoms with Gasteiger partial charge in [0.25, 0.3) is 11.4 Å². The third kappa shape index (κ3) is 1.68. The molecule has 23 heavy (non-hydrogen) atoms. The molecule has 0 N–H and O–H groups in total. The van der Waals surface area contributed by atoms with Crippen molar-refractivity contribution < 1.29 is 4.52 Å². The van der Waals surface area contributed by atoms with Gasteiger partial charge in [-0.2, -0.15) is 4.98 Å². The van der Waals surface area contributed by atoms with Crippen LogP contribution >= 0.6 is 0 Å². The van der Waals surface area contributed by atoms with Crippen molar-refractivity contribution in [2.45, 2.75) is 18.8 Å². The molecule has 0 unspecified atom stereocenters. The molecule has 4 heterocycles. The highest BCUT2D eigenvalue weighted by molar-refractivity contribution is 5.80. The van der Waals surface area contributed by atoms with E-state index in [1.807, 2.05) is 12.1 Å². The molecule has 4 aromatic rings. The fourth-order valence-electron chi connectivity index (χ4n) is 2.82. The highest BCUT2D eigenvalue weighted by Crippen LogP contribution is 2.39. The Morgan fingerprint density at radius 2 is 2.17 bits per heavy atom. The van der Waals surface area contributed by atoms with Crippen LogP contribution in [0, 0.1) is 0 Å². The summed E-state index contributed by atoms with van der Waals surface area (Å²) in [7, 11) is 1.69. The van der Waals surface area contributed by atoms with Crippen molar-refractivity contribution >= 4 is 16.7 Å². The van der Waals surface area contributed by atoms with E-state index in [1.165, 1.54) is 4.57 Å². The van der Waals surface area contributed by atoms with Gasteiger partial charge in [-0.1, -0.05) is 5.16 Å². The van der Waals surface area contributed by atoms with Gasteiger partial charge in [0.05, 0.1) is 5.52 Å². The second-order valence-corrected chi connectivity index (χ2v) is 5.75. The van der Waals surface area contributed by atoms with Gasteiger partial charge >= 0.3 is 0 Å². The Kier molecular flexibility index (Phi) is 2.31. The molecule has 0 bridgehead atoms. The Morgan fingerprint density at radius 1 is 1.30 bits per heavy atom. The first kappa shape index (κ1) is 12.5. The number of imidazole rings is 1. The van der Waals surface area contributed by atoms with Crippen LogP contribution in [0.4, 0.5) is 0 Å². The van der Waals surface area contributed by atoms with Crippen LogP contribution in [-0.2, 0) is 7.05 Å². The quantitative estimate of drug-likeness (QED) is 0.557. The van der Waals surface area contributed by atoms with E-state index >= 15 is 0 Å². The Hall–Kier alpha value is -3.03. The highest BCUT2D eigenvalue weighted by Gasteiger charge is 2.30. The molecule has 0 spiro atoms. The first-order valence-electron chi connectivity index (χ1n) is 7.39. The third-order valence-electron chi connectivity index (χ3n) is 4.20. The molecule has 4 aromatic heterocycles. The molecular weight excluding hydrogens is 296 g/mol. The van der Waals surface area contributed by atoms with Crippen molar-refractivity contribution in [2.24, 2.45) is 7.05 Å². The molecule has 1 aliphatic carbocycles. The fraction of sp³-hybridized carbons (Fsp3) is 0.267. The topological polar surface area (TPSA) is 91.1 Å². The van der Waals surface area contributed by atoms with Gasteiger partial charge in [0.1, 0.15) is 11.8 Å². The smallest absolute Gasteiger partial charge is 0.278 e. The van der Waals surface area contributed by atoms with Crippen molar-refractivity contribution in [1.29, 1.82) is 0 Å². The zero-order valence-electron chi connectivity index (χ0n) is 12.3. The summed E-state index contributed by atoms with van der Waals surface area (Å²) in [4.78, 5) is 25.7. The first-order valence-corrected chi connectivity index (χ1v) is 7.39. The van der Waals surface area contributed by atoms with Crippen LogP contribution < -0.4 is 5.56 Å². The SMILES string of the molecule is Cn1c(=O)c2c(-c3nc(C4CC4)no3)ncn2c2cccnc21. The van der Waals surface area contributed by atoms with Crippen molar-refractivity contribution in [3.63, 3.8) is 0 Å². The van der Waals surface area contributed by atoms with Gasteiger partial charge in [0.15, 0.2) is 17.2 Å². The van der Waals surface area contributed by atoms with E-state index in [-0.39, 0.29) is 11.4 Å². The standard InChI is InChI=1S/C15H12N6O2/c1-20-13-9(3-2-6-16-13)21-7-17-10(11(21)15(20)22)14-18-12(19-23-14)8-4-5-8/h2-3,6-8H,4-5H2,1H3. The summed E-state index contributed by atoms with van der Waals surface area (Å²) in [5.41, 5.74) is 2.02. The minimum atomic E-state index is -0.199. The summed E-state index contributed by atoms with van der Waals surface area (Å²) < 4.78 is 8.56. The summed E-state index contributed by atoms with van der Waals surface area (Å²) in [6.45, 7) is 0. The minimum absolute atomic E-state index is 0.199. The summed E-state index contributed by atoms with van der Waals surface area (Å²) in [6.07, 6.45) is 5.42. The molecule has 1 saturated carbocycles. The number of fused-ring (bicyclic) bond motifs is 3. The van der Waals surface area contributed by atoms with Crippen LogP contribution in [0.2, 0.25) is 0 Å². The Balaban J connectivity index is 1.84.